The van der Waals surface area contributed by atoms with Crippen LogP contribution in [0.3, 0.4) is 0 Å². The summed E-state index contributed by atoms with van der Waals surface area (Å²) in [5.41, 5.74) is 1.92. The quantitative estimate of drug-likeness (QED) is 0.477. The molecular formula is C20H20ClN7O3. The van der Waals surface area contributed by atoms with Crippen LogP contribution in [0.4, 0.5) is 17.6 Å². The van der Waals surface area contributed by atoms with Crippen molar-refractivity contribution >= 4 is 46.6 Å². The Morgan fingerprint density at radius 1 is 1.29 bits per heavy atom. The lowest BCUT2D eigenvalue weighted by Crippen LogP contribution is -2.22. The van der Waals surface area contributed by atoms with Crippen LogP contribution in [0.5, 0.6) is 5.75 Å². The minimum Gasteiger partial charge on any atom is -0.495 e. The number of anilines is 3. The zero-order valence-corrected chi connectivity index (χ0v) is 17.4. The second-order valence-electron chi connectivity index (χ2n) is 7.66. The summed E-state index contributed by atoms with van der Waals surface area (Å²) >= 11 is 6.41. The highest BCUT2D eigenvalue weighted by Gasteiger charge is 2.32. The van der Waals surface area contributed by atoms with Crippen molar-refractivity contribution in [2.75, 3.05) is 17.7 Å². The molecule has 2 aliphatic rings. The van der Waals surface area contributed by atoms with Crippen LogP contribution in [0.15, 0.2) is 24.4 Å². The van der Waals surface area contributed by atoms with Crippen molar-refractivity contribution in [2.24, 2.45) is 5.92 Å². The molecule has 2 aromatic heterocycles. The molecule has 160 valence electrons. The minimum atomic E-state index is -0.431. The Kier molecular flexibility index (Phi) is 4.85. The Morgan fingerprint density at radius 3 is 2.84 bits per heavy atom. The van der Waals surface area contributed by atoms with Crippen LogP contribution in [-0.2, 0) is 16.0 Å². The lowest BCUT2D eigenvalue weighted by atomic mass is 10.00. The Bertz CT molecular complexity index is 1190. The molecule has 1 unspecified atom stereocenters. The normalized spacial score (nSPS) is 18.3. The van der Waals surface area contributed by atoms with Gasteiger partial charge >= 0.3 is 0 Å². The number of carbonyl (C=O) groups is 2. The van der Waals surface area contributed by atoms with E-state index in [2.05, 4.69) is 31.0 Å². The summed E-state index contributed by atoms with van der Waals surface area (Å²) in [6.07, 6.45) is 4.32. The molecule has 1 atom stereocenters. The van der Waals surface area contributed by atoms with Crippen LogP contribution < -0.4 is 20.7 Å². The van der Waals surface area contributed by atoms with Crippen molar-refractivity contribution in [1.29, 1.82) is 0 Å². The summed E-state index contributed by atoms with van der Waals surface area (Å²) < 4.78 is 6.90. The van der Waals surface area contributed by atoms with Gasteiger partial charge in [-0.3, -0.25) is 14.9 Å². The molecule has 31 heavy (non-hydrogen) atoms. The number of imide groups is 1. The number of rotatable bonds is 7. The fraction of sp³-hybridized carbons (Fsp3) is 0.350. The maximum atomic E-state index is 12.0. The first-order valence-electron chi connectivity index (χ1n) is 9.96. The highest BCUT2D eigenvalue weighted by molar-refractivity contribution is 6.34. The first-order chi connectivity index (χ1) is 15.0. The maximum absolute atomic E-state index is 12.0. The van der Waals surface area contributed by atoms with Gasteiger partial charge in [0.1, 0.15) is 10.8 Å². The molecule has 3 aromatic rings. The van der Waals surface area contributed by atoms with E-state index < -0.39 is 5.92 Å². The minimum absolute atomic E-state index is 0.166. The van der Waals surface area contributed by atoms with Gasteiger partial charge in [-0.2, -0.15) is 19.6 Å². The van der Waals surface area contributed by atoms with E-state index in [1.54, 1.807) is 30.0 Å². The summed E-state index contributed by atoms with van der Waals surface area (Å²) in [5, 5.41) is 13.7. The van der Waals surface area contributed by atoms with Crippen molar-refractivity contribution in [3.63, 3.8) is 0 Å². The molecule has 1 aromatic carbocycles. The summed E-state index contributed by atoms with van der Waals surface area (Å²) in [6.45, 7) is 0. The number of nitrogens with zero attached hydrogens (tertiary/aromatic N) is 4. The van der Waals surface area contributed by atoms with E-state index in [1.165, 1.54) is 0 Å². The van der Waals surface area contributed by atoms with Crippen LogP contribution in [-0.4, -0.2) is 44.5 Å². The number of hydrogen-bond donors (Lipinski definition) is 3. The summed E-state index contributed by atoms with van der Waals surface area (Å²) in [5.74, 6) is 0.459. The Balaban J connectivity index is 1.52. The Hall–Kier alpha value is -3.40. The Labute approximate surface area is 182 Å². The van der Waals surface area contributed by atoms with Crippen LogP contribution in [0, 0.1) is 5.92 Å². The molecule has 0 radical (unpaired) electrons. The molecule has 5 rings (SSSR count). The van der Waals surface area contributed by atoms with Crippen LogP contribution in [0.25, 0.3) is 5.65 Å². The van der Waals surface area contributed by atoms with Crippen LogP contribution in [0.1, 0.15) is 24.8 Å². The summed E-state index contributed by atoms with van der Waals surface area (Å²) in [6, 6.07) is 5.73. The van der Waals surface area contributed by atoms with Gasteiger partial charge in [0.15, 0.2) is 5.65 Å². The van der Waals surface area contributed by atoms with Crippen molar-refractivity contribution < 1.29 is 14.3 Å². The van der Waals surface area contributed by atoms with Gasteiger partial charge in [-0.25, -0.2) is 0 Å². The number of halogens is 1. The number of hydrogen-bond acceptors (Lipinski definition) is 8. The number of carbonyl (C=O) groups excluding carboxylic acids is 2. The van der Waals surface area contributed by atoms with Crippen molar-refractivity contribution in [3.05, 3.63) is 35.0 Å². The number of benzene rings is 1. The molecule has 3 N–H and O–H groups in total. The fourth-order valence-electron chi connectivity index (χ4n) is 3.55. The zero-order valence-electron chi connectivity index (χ0n) is 16.7. The molecule has 1 saturated carbocycles. The van der Waals surface area contributed by atoms with Gasteiger partial charge in [0.25, 0.3) is 0 Å². The molecule has 2 fully saturated rings. The van der Waals surface area contributed by atoms with Gasteiger partial charge in [0, 0.05) is 18.0 Å². The van der Waals surface area contributed by atoms with E-state index in [-0.39, 0.29) is 18.2 Å². The predicted octanol–water partition coefficient (Wildman–Crippen LogP) is 2.31. The SMILES string of the molecule is COc1cccc(Nc2nc(NC3CC3)n3ncc(CC4CC(=O)NC4=O)c3n2)c1Cl. The van der Waals surface area contributed by atoms with Crippen molar-refractivity contribution in [1.82, 2.24) is 24.9 Å². The molecule has 1 saturated heterocycles. The number of amides is 2. The second-order valence-corrected chi connectivity index (χ2v) is 8.04. The third-order valence-electron chi connectivity index (χ3n) is 5.31. The lowest BCUT2D eigenvalue weighted by Gasteiger charge is -2.13. The van der Waals surface area contributed by atoms with Crippen molar-refractivity contribution in [2.45, 2.75) is 31.7 Å². The summed E-state index contributed by atoms with van der Waals surface area (Å²) in [4.78, 5) is 32.8. The smallest absolute Gasteiger partial charge is 0.232 e. The average molecular weight is 442 g/mol. The first kappa shape index (κ1) is 19.6. The molecule has 0 spiro atoms. The first-order valence-corrected chi connectivity index (χ1v) is 10.3. The fourth-order valence-corrected chi connectivity index (χ4v) is 3.80. The highest BCUT2D eigenvalue weighted by atomic mass is 35.5. The van der Waals surface area contributed by atoms with Crippen LogP contribution >= 0.6 is 11.6 Å². The molecule has 1 aliphatic heterocycles. The topological polar surface area (TPSA) is 123 Å². The summed E-state index contributed by atoms with van der Waals surface area (Å²) in [7, 11) is 1.55. The monoisotopic (exact) mass is 441 g/mol. The molecule has 3 heterocycles. The van der Waals surface area contributed by atoms with Crippen molar-refractivity contribution in [3.8, 4) is 5.75 Å². The molecular weight excluding hydrogens is 422 g/mol. The van der Waals surface area contributed by atoms with Gasteiger partial charge in [0.05, 0.1) is 24.9 Å². The van der Waals surface area contributed by atoms with E-state index in [0.29, 0.717) is 46.5 Å². The number of methoxy groups -OCH3 is 1. The molecule has 10 nitrogen and oxygen atoms in total. The number of fused-ring (bicyclic) bond motifs is 1. The molecule has 0 bridgehead atoms. The Morgan fingerprint density at radius 2 is 2.13 bits per heavy atom. The average Bonchev–Trinajstić information content (AvgIpc) is 3.38. The van der Waals surface area contributed by atoms with Gasteiger partial charge in [0.2, 0.25) is 23.7 Å². The van der Waals surface area contributed by atoms with E-state index in [9.17, 15) is 9.59 Å². The lowest BCUT2D eigenvalue weighted by molar-refractivity contribution is -0.125. The third-order valence-corrected chi connectivity index (χ3v) is 5.70. The number of aromatic nitrogens is 4. The second kappa shape index (κ2) is 7.69. The van der Waals surface area contributed by atoms with Gasteiger partial charge in [-0.1, -0.05) is 17.7 Å². The van der Waals surface area contributed by atoms with Gasteiger partial charge in [-0.15, -0.1) is 0 Å². The van der Waals surface area contributed by atoms with Gasteiger partial charge in [-0.05, 0) is 31.4 Å². The number of ether oxygens (including phenoxy) is 1. The van der Waals surface area contributed by atoms with Gasteiger partial charge < -0.3 is 15.4 Å². The van der Waals surface area contributed by atoms with E-state index in [4.69, 9.17) is 16.3 Å². The third kappa shape index (κ3) is 3.86. The van der Waals surface area contributed by atoms with E-state index in [0.717, 1.165) is 18.4 Å². The molecule has 2 amide bonds. The predicted molar refractivity (Wildman–Crippen MR) is 114 cm³/mol. The van der Waals surface area contributed by atoms with Crippen LogP contribution in [0.2, 0.25) is 5.02 Å². The van der Waals surface area contributed by atoms with E-state index >= 15 is 0 Å². The highest BCUT2D eigenvalue weighted by Crippen LogP contribution is 2.34. The van der Waals surface area contributed by atoms with E-state index in [1.807, 2.05) is 6.07 Å². The molecule has 11 heteroatoms. The number of nitrogens with one attached hydrogen (secondary N) is 3. The largest absolute Gasteiger partial charge is 0.495 e. The standard InChI is InChI=1S/C20H20ClN7O3/c1-31-14-4-2-3-13(16(14)21)24-19-26-17-11(7-10-8-15(29)25-18(10)30)9-22-28(17)20(27-19)23-12-5-6-12/h2-4,9-10,12H,5-8H2,1H3,(H,25,29,30)(H2,23,24,26,27). The molecule has 1 aliphatic carbocycles. The maximum Gasteiger partial charge on any atom is 0.232 e. The zero-order chi connectivity index (χ0) is 21.5.